The third kappa shape index (κ3) is 42.1. The molecule has 1 aliphatic heterocycles. The Hall–Kier alpha value is -12.6. The number of aliphatic imine (C=N–C) groups is 1. The zero-order valence-corrected chi connectivity index (χ0v) is 58.1. The van der Waals surface area contributed by atoms with Crippen LogP contribution in [0, 0.1) is 50.6 Å². The summed E-state index contributed by atoms with van der Waals surface area (Å²) >= 11 is 0. The van der Waals surface area contributed by atoms with Crippen LogP contribution in [0.4, 0.5) is 38.5 Å². The fourth-order valence-corrected chi connectivity index (χ4v) is 6.54. The smallest absolute Gasteiger partial charge is 0.870 e. The molecule has 0 radical (unpaired) electrons. The van der Waals surface area contributed by atoms with Gasteiger partial charge < -0.3 is 70.6 Å². The summed E-state index contributed by atoms with van der Waals surface area (Å²) in [5.74, 6) is -6.50. The van der Waals surface area contributed by atoms with Crippen molar-refractivity contribution in [1.82, 2.24) is 0 Å². The van der Waals surface area contributed by atoms with Gasteiger partial charge in [0, 0.05) is 113 Å². The zero-order valence-electron chi connectivity index (χ0n) is 57.1. The van der Waals surface area contributed by atoms with Gasteiger partial charge in [-0.1, -0.05) is 79.7 Å². The van der Waals surface area contributed by atoms with Gasteiger partial charge >= 0.3 is 65.4 Å². The Bertz CT molecular complexity index is 3960. The minimum absolute atomic E-state index is 0. The largest absolute Gasteiger partial charge is 1.00 e. The van der Waals surface area contributed by atoms with Crippen LogP contribution in [0.2, 0.25) is 0 Å². The molecule has 1 atom stereocenters. The second-order valence-electron chi connectivity index (χ2n) is 17.7. The molecule has 6 aromatic carbocycles. The Kier molecular flexibility index (Phi) is 52.9. The molecule has 39 heteroatoms. The molecule has 0 aliphatic carbocycles. The second-order valence-corrected chi connectivity index (χ2v) is 17.7. The number of alkyl halides is 1. The molecule has 1 unspecified atom stereocenters. The first-order chi connectivity index (χ1) is 48.2. The number of halogens is 1. The van der Waals surface area contributed by atoms with Crippen molar-refractivity contribution in [1.29, 1.82) is 0 Å². The maximum absolute atomic E-state index is 11.3. The van der Waals surface area contributed by atoms with Gasteiger partial charge in [0.25, 0.3) is 28.4 Å². The van der Waals surface area contributed by atoms with Crippen LogP contribution in [0.25, 0.3) is 24.3 Å². The molecule has 0 saturated carbocycles. The number of benzene rings is 6. The predicted molar refractivity (Wildman–Crippen MR) is 362 cm³/mol. The van der Waals surface area contributed by atoms with Gasteiger partial charge in [-0.2, -0.15) is 0 Å². The van der Waals surface area contributed by atoms with Gasteiger partial charge in [0.1, 0.15) is 6.29 Å². The van der Waals surface area contributed by atoms with Crippen LogP contribution in [0.5, 0.6) is 0 Å². The zero-order chi connectivity index (χ0) is 78.6. The van der Waals surface area contributed by atoms with E-state index in [1.54, 1.807) is 56.3 Å². The molecule has 550 valence electrons. The summed E-state index contributed by atoms with van der Waals surface area (Å²) in [6.45, 7) is 3.16. The van der Waals surface area contributed by atoms with E-state index in [0.29, 0.717) is 40.6 Å². The summed E-state index contributed by atoms with van der Waals surface area (Å²) in [5.41, 5.74) is 8.76. The quantitative estimate of drug-likeness (QED) is 0.00604. The van der Waals surface area contributed by atoms with Crippen molar-refractivity contribution in [3.63, 3.8) is 0 Å². The molecule has 0 fully saturated rings. The number of carboxylic acids is 4. The molecule has 7 rings (SSSR count). The fourth-order valence-electron chi connectivity index (χ4n) is 6.54. The number of nitrogens with two attached hydrogens (primary N) is 1. The molecule has 6 aromatic rings. The minimum Gasteiger partial charge on any atom is -0.870 e. The third-order valence-electron chi connectivity index (χ3n) is 11.0. The number of aliphatic hydroxyl groups excluding tert-OH is 3. The number of non-ortho nitro benzene ring substituents is 5. The Morgan fingerprint density at radius 3 is 1.23 bits per heavy atom. The first-order valence-electron chi connectivity index (χ1n) is 28.2. The number of aliphatic carboxylic acids is 4. The van der Waals surface area contributed by atoms with E-state index >= 15 is 0 Å². The molecule has 1 aliphatic rings. The van der Waals surface area contributed by atoms with Crippen molar-refractivity contribution < 1.29 is 158 Å². The molecular weight excluding hydrogens is 1390 g/mol. The maximum atomic E-state index is 11.3. The number of cyclic esters (lactones) is 1. The van der Waals surface area contributed by atoms with Crippen molar-refractivity contribution in [2.45, 2.75) is 32.8 Å². The number of nitrogens with zero attached hydrogens (tertiary/aromatic N) is 6. The number of hydrogen-bond donors (Lipinski definition) is 8. The molecule has 103 heavy (non-hydrogen) atoms. The summed E-state index contributed by atoms with van der Waals surface area (Å²) in [6, 6.07) is 35.4. The first-order valence-corrected chi connectivity index (χ1v) is 27.4. The monoisotopic (exact) mass is 1460 g/mol. The standard InChI is InChI=1S/C11H8N2O4.C11H11NO5.C10H9NO5.C10H13NO3.C9H7NO5.C7H5NO3.C3H6O2.CH3F.2CH4O.Na.H2O/c1-7-12-10(11(14)17-7)6-8-3-2-4-9(5-8)13(15)16;1-16-10(11(13)17-2)7-8-4-3-5-9(6-8)12(14)15;1-16-9(10(12)13)6-7-3-2-4-8(5-7)11(14)15;1-14-9(10(12)13)6-7-3-2-4-8(11)5-7;11-8(9(12)13)5-6-2-1-3-7(4-6)10(14)15;9-5-6-2-1-3-7(4-6)8(10)11;1-2-3(4)5;3*1-2;;/h2-6H,1H3;3-7H,1-2H3;2-6H,1H3,(H,12,13);2-5,9H,6,11H2,1H3,(H,12,13);1-5,11H,(H,12,13);1-5H;2H2,1H3,(H,4,5);1H3;2*2H,1H3;;1H2/q;;;;;;;;;;+1;/p-1/b10-6-;10-7-;9-6-;;8-5-;;;;;;;/i;;;;;;;1D;;;;. The van der Waals surface area contributed by atoms with Gasteiger partial charge in [-0.15, -0.1) is 0 Å². The van der Waals surface area contributed by atoms with Gasteiger partial charge in [0.2, 0.25) is 17.3 Å². The number of nitro benzene ring substituents is 5. The number of hydrogen-bond acceptors (Lipinski definition) is 28. The van der Waals surface area contributed by atoms with Crippen LogP contribution in [-0.4, -0.2) is 170 Å². The van der Waals surface area contributed by atoms with E-state index in [4.69, 9.17) is 57.1 Å². The first kappa shape index (κ1) is 96.8. The fraction of sp³-hybridized carbons (Fsp3) is 0.188. The van der Waals surface area contributed by atoms with Crippen LogP contribution in [-0.2, 0) is 58.9 Å². The van der Waals surface area contributed by atoms with Crippen molar-refractivity contribution >= 4 is 106 Å². The molecule has 0 amide bonds. The molecule has 0 spiro atoms. The number of aliphatic hydroxyl groups is 3. The molecule has 0 bridgehead atoms. The molecular formula is C64H71FN7NaO30. The van der Waals surface area contributed by atoms with Crippen LogP contribution in [0.3, 0.4) is 0 Å². The van der Waals surface area contributed by atoms with Crippen molar-refractivity contribution in [2.75, 3.05) is 55.5 Å². The van der Waals surface area contributed by atoms with Gasteiger partial charge in [-0.25, -0.2) is 29.0 Å². The minimum atomic E-state index is -1.48. The van der Waals surface area contributed by atoms with E-state index in [0.717, 1.165) is 25.9 Å². The van der Waals surface area contributed by atoms with Gasteiger partial charge in [-0.3, -0.25) is 64.6 Å². The second kappa shape index (κ2) is 56.3. The Morgan fingerprint density at radius 2 is 0.932 bits per heavy atom. The average Bonchev–Trinajstić information content (AvgIpc) is 1.66. The van der Waals surface area contributed by atoms with Gasteiger partial charge in [-0.05, 0) is 64.3 Å². The summed E-state index contributed by atoms with van der Waals surface area (Å²) in [7, 11) is 6.14. The summed E-state index contributed by atoms with van der Waals surface area (Å²) < 4.78 is 39.0. The van der Waals surface area contributed by atoms with Crippen molar-refractivity contribution in [2.24, 2.45) is 4.99 Å². The number of nitro groups is 5. The Labute approximate surface area is 607 Å². The number of anilines is 1. The number of carbonyl (C=O) groups excluding carboxylic acids is 3. The number of ether oxygens (including phenoxy) is 5. The van der Waals surface area contributed by atoms with Gasteiger partial charge in [0.15, 0.2) is 17.7 Å². The van der Waals surface area contributed by atoms with Crippen LogP contribution >= 0.6 is 0 Å². The van der Waals surface area contributed by atoms with Crippen molar-refractivity contribution in [3.05, 3.63) is 253 Å². The number of nitrogen functional groups attached to an aromatic ring is 1. The number of rotatable bonds is 20. The topological polar surface area (TPSA) is 591 Å². The van der Waals surface area contributed by atoms with E-state index in [2.05, 4.69) is 14.5 Å². The predicted octanol–water partition coefficient (Wildman–Crippen LogP) is 6.34. The average molecular weight is 1460 g/mol. The van der Waals surface area contributed by atoms with E-state index in [9.17, 15) is 88.5 Å². The summed E-state index contributed by atoms with van der Waals surface area (Å²) in [6.07, 6.45) is 5.30. The molecule has 10 N–H and O–H groups in total. The van der Waals surface area contributed by atoms with Gasteiger partial charge in [0.05, 0.1) is 54.5 Å². The third-order valence-corrected chi connectivity index (χ3v) is 11.0. The van der Waals surface area contributed by atoms with Crippen LogP contribution < -0.4 is 35.3 Å². The van der Waals surface area contributed by atoms with E-state index in [1.165, 1.54) is 144 Å². The summed E-state index contributed by atoms with van der Waals surface area (Å²) in [4.78, 5) is 127. The molecule has 37 nitrogen and oxygen atoms in total. The number of methoxy groups -OCH3 is 4. The molecule has 0 saturated heterocycles. The van der Waals surface area contributed by atoms with E-state index in [-0.39, 0.29) is 98.6 Å². The SMILES string of the molecule is CC1=N/C(=C\c2cccc([N+](=O)[O-])c2)C(=O)O1.CCC(=O)O.CO.CO.CO/C(=C\c1cccc([N+](=O)[O-])c1)C(=O)O.COC(=O)/C(=C/c1cccc([N+](=O)[O-])c1)OC.COC(Cc1cccc(N)c1)C(=O)O.O=C(O)/C(O)=C/c1cccc([N+](=O)[O-])c1.O=Cc1cccc([N+](=O)[O-])c1.[2H]CF.[Na+].[OH-]. The number of aldehydes is 1. The summed E-state index contributed by atoms with van der Waals surface area (Å²) in [5, 5.41) is 109. The number of carboxylic acid groups (broad SMARTS) is 4. The van der Waals surface area contributed by atoms with Crippen LogP contribution in [0.1, 0.15) is 59.8 Å². The maximum Gasteiger partial charge on any atom is 1.00 e. The van der Waals surface area contributed by atoms with Crippen LogP contribution in [0.15, 0.2) is 174 Å². The van der Waals surface area contributed by atoms with E-state index in [1.807, 2.05) is 6.07 Å². The van der Waals surface area contributed by atoms with Crippen molar-refractivity contribution in [3.8, 4) is 0 Å². The molecule has 1 heterocycles. The Balaban J connectivity index is -0.000000365. The normalized spacial score (nSPS) is 11.2. The number of carbonyl (C=O) groups is 7. The Morgan fingerprint density at radius 1 is 0.583 bits per heavy atom. The molecule has 0 aromatic heterocycles. The number of esters is 2. The van der Waals surface area contributed by atoms with E-state index < -0.39 is 79.4 Å².